The van der Waals surface area contributed by atoms with Crippen molar-refractivity contribution in [3.05, 3.63) is 29.8 Å². The lowest BCUT2D eigenvalue weighted by Crippen LogP contribution is -2.36. The number of nitrogens with one attached hydrogen (secondary N) is 4. The Balaban J connectivity index is -0.000000853. The van der Waals surface area contributed by atoms with Gasteiger partial charge in [0.2, 0.25) is 18.2 Å². The van der Waals surface area contributed by atoms with E-state index in [0.717, 1.165) is 38.4 Å². The summed E-state index contributed by atoms with van der Waals surface area (Å²) in [5, 5.41) is 28.0. The van der Waals surface area contributed by atoms with Crippen molar-refractivity contribution in [2.75, 3.05) is 86.1 Å². The molecule has 0 spiro atoms. The molecule has 0 heterocycles. The minimum absolute atomic E-state index is 0. The smallest absolute Gasteiger partial charge is 0.335 e. The Labute approximate surface area is 375 Å². The number of likely N-dealkylation sites (N-methyl/N-ethyl adjacent to an activating group) is 1. The van der Waals surface area contributed by atoms with Crippen molar-refractivity contribution in [3.8, 4) is 5.75 Å². The molecule has 0 bridgehead atoms. The Morgan fingerprint density at radius 3 is 1.87 bits per heavy atom. The fraction of sp³-hybridized carbons (Fsp3) is 0.698. The van der Waals surface area contributed by atoms with Gasteiger partial charge in [-0.25, -0.2) is 4.79 Å². The van der Waals surface area contributed by atoms with Crippen molar-refractivity contribution in [3.63, 3.8) is 0 Å². The van der Waals surface area contributed by atoms with E-state index in [4.69, 9.17) is 47.5 Å². The monoisotopic (exact) mass is 898 g/mol. The van der Waals surface area contributed by atoms with Crippen molar-refractivity contribution >= 4 is 50.0 Å². The van der Waals surface area contributed by atoms with E-state index in [1.807, 2.05) is 6.92 Å². The first-order valence-corrected chi connectivity index (χ1v) is 21.3. The number of ether oxygens (including phenoxy) is 5. The number of benzene rings is 1. The SMILES string of the molecule is C.CCOCCOCCNC(=O)CC[C@H](NC)C(=O)O.O=CCCCCCCCCCOc1ccc(C(=O)O)cc1.[B]C(=O)[C@@H](N)CCCCNC(=O)COCCOCCNC=O. The van der Waals surface area contributed by atoms with E-state index in [2.05, 4.69) is 21.3 Å². The van der Waals surface area contributed by atoms with Gasteiger partial charge in [-0.05, 0) is 76.8 Å². The summed E-state index contributed by atoms with van der Waals surface area (Å²) in [5.41, 5.74) is 5.24. The van der Waals surface area contributed by atoms with Crippen LogP contribution >= 0.6 is 0 Å². The topological polar surface area (TPSA) is 280 Å². The molecule has 0 aliphatic heterocycles. The van der Waals surface area contributed by atoms with Gasteiger partial charge < -0.3 is 70.5 Å². The van der Waals surface area contributed by atoms with E-state index < -0.39 is 29.7 Å². The van der Waals surface area contributed by atoms with Crippen LogP contribution in [0.2, 0.25) is 0 Å². The normalized spacial score (nSPS) is 11.2. The van der Waals surface area contributed by atoms with Gasteiger partial charge in [0.05, 0.1) is 63.5 Å². The van der Waals surface area contributed by atoms with Gasteiger partial charge in [0.1, 0.15) is 24.7 Å². The lowest BCUT2D eigenvalue weighted by Gasteiger charge is -2.11. The second kappa shape index (κ2) is 47.0. The molecule has 3 amide bonds. The summed E-state index contributed by atoms with van der Waals surface area (Å²) in [6.07, 6.45) is 12.6. The number of amides is 3. The quantitative estimate of drug-likeness (QED) is 0.0284. The molecule has 0 aliphatic rings. The molecule has 0 fully saturated rings. The van der Waals surface area contributed by atoms with E-state index >= 15 is 0 Å². The van der Waals surface area contributed by atoms with Gasteiger partial charge in [-0.15, -0.1) is 0 Å². The molecule has 19 nitrogen and oxygen atoms in total. The van der Waals surface area contributed by atoms with Crippen molar-refractivity contribution in [2.24, 2.45) is 5.73 Å². The Morgan fingerprint density at radius 1 is 0.714 bits per heavy atom. The van der Waals surface area contributed by atoms with Crippen LogP contribution in [-0.4, -0.2) is 158 Å². The molecule has 0 saturated heterocycles. The molecule has 2 radical (unpaired) electrons. The average molecular weight is 898 g/mol. The van der Waals surface area contributed by atoms with Crippen LogP contribution in [0.25, 0.3) is 0 Å². The summed E-state index contributed by atoms with van der Waals surface area (Å²) < 4.78 is 26.1. The van der Waals surface area contributed by atoms with Crippen LogP contribution in [0.4, 0.5) is 0 Å². The van der Waals surface area contributed by atoms with E-state index in [1.54, 1.807) is 31.3 Å². The van der Waals surface area contributed by atoms with Gasteiger partial charge in [-0.2, -0.15) is 0 Å². The highest BCUT2D eigenvalue weighted by molar-refractivity contribution is 6.59. The van der Waals surface area contributed by atoms with Crippen LogP contribution in [0.3, 0.4) is 0 Å². The summed E-state index contributed by atoms with van der Waals surface area (Å²) in [5.74, 6) is -1.53. The van der Waals surface area contributed by atoms with Crippen LogP contribution in [0.15, 0.2) is 24.3 Å². The average Bonchev–Trinajstić information content (AvgIpc) is 3.25. The largest absolute Gasteiger partial charge is 0.494 e. The molecule has 1 aromatic carbocycles. The highest BCUT2D eigenvalue weighted by Crippen LogP contribution is 2.14. The Morgan fingerprint density at radius 2 is 1.30 bits per heavy atom. The Kier molecular flexibility index (Phi) is 46.9. The summed E-state index contributed by atoms with van der Waals surface area (Å²) in [6, 6.07) is 5.18. The van der Waals surface area contributed by atoms with Gasteiger partial charge in [0.25, 0.3) is 0 Å². The third-order valence-electron chi connectivity index (χ3n) is 8.50. The lowest BCUT2D eigenvalue weighted by molar-refractivity contribution is -0.139. The molecule has 63 heavy (non-hydrogen) atoms. The number of carboxylic acids is 2. The van der Waals surface area contributed by atoms with Crippen molar-refractivity contribution < 1.29 is 67.5 Å². The number of aromatic carboxylic acids is 1. The van der Waals surface area contributed by atoms with Crippen molar-refractivity contribution in [2.45, 2.75) is 110 Å². The van der Waals surface area contributed by atoms with Crippen LogP contribution in [0.1, 0.15) is 108 Å². The number of rotatable bonds is 39. The summed E-state index contributed by atoms with van der Waals surface area (Å²) >= 11 is 0. The van der Waals surface area contributed by atoms with Crippen LogP contribution in [0.5, 0.6) is 5.75 Å². The van der Waals surface area contributed by atoms with Gasteiger partial charge >= 0.3 is 11.9 Å². The summed E-state index contributed by atoms with van der Waals surface area (Å²) in [4.78, 5) is 75.0. The standard InChI is InChI=1S/C17H24O4.C13H24BN3O5.C12H24N2O5.CH4/c18-13-7-5-3-1-2-4-6-8-14-21-16-11-9-15(10-12-16)17(19)20;14-13(20)11(15)3-1-2-4-17-12(19)9-22-8-7-21-6-5-16-10-18;1-3-18-8-9-19-7-6-14-11(15)5-4-10(13-2)12(16)17;/h9-13H,1-8,14H2,(H,19,20);10-11H,1-9,15H2,(H,16,18)(H,17,19);10,13H,3-9H2,1-2H3,(H,14,15)(H,16,17);1H4/t;11-;10-;/m.00./s1. The van der Waals surface area contributed by atoms with Gasteiger partial charge in [-0.3, -0.25) is 19.2 Å². The van der Waals surface area contributed by atoms with Crippen LogP contribution < -0.4 is 31.7 Å². The maximum atomic E-state index is 11.4. The van der Waals surface area contributed by atoms with Gasteiger partial charge in [-0.1, -0.05) is 39.5 Å². The fourth-order valence-corrected chi connectivity index (χ4v) is 4.96. The van der Waals surface area contributed by atoms with E-state index in [0.29, 0.717) is 104 Å². The number of aldehydes is 1. The number of nitrogens with two attached hydrogens (primary N) is 1. The number of unbranched alkanes of at least 4 members (excludes halogenated alkanes) is 8. The maximum absolute atomic E-state index is 11.4. The minimum atomic E-state index is -0.949. The molecule has 0 aliphatic carbocycles. The van der Waals surface area contributed by atoms with E-state index in [9.17, 15) is 33.6 Å². The maximum Gasteiger partial charge on any atom is 0.335 e. The molecule has 0 unspecified atom stereocenters. The first kappa shape index (κ1) is 62.8. The lowest BCUT2D eigenvalue weighted by atomic mass is 9.92. The van der Waals surface area contributed by atoms with Crippen LogP contribution in [0, 0.1) is 0 Å². The molecule has 0 saturated carbocycles. The zero-order valence-corrected chi connectivity index (χ0v) is 36.7. The molecule has 8 N–H and O–H groups in total. The second-order valence-corrected chi connectivity index (χ2v) is 13.6. The van der Waals surface area contributed by atoms with Gasteiger partial charge in [0, 0.05) is 39.1 Å². The van der Waals surface area contributed by atoms with E-state index in [-0.39, 0.29) is 44.3 Å². The summed E-state index contributed by atoms with van der Waals surface area (Å²) in [6.45, 7) is 7.13. The van der Waals surface area contributed by atoms with Crippen molar-refractivity contribution in [1.29, 1.82) is 0 Å². The van der Waals surface area contributed by atoms with Crippen LogP contribution in [-0.2, 0) is 47.7 Å². The number of carboxylic acid groups (broad SMARTS) is 2. The Hall–Kier alpha value is -4.47. The van der Waals surface area contributed by atoms with Gasteiger partial charge in [0.15, 0.2) is 7.85 Å². The molecule has 360 valence electrons. The molecule has 1 aromatic rings. The summed E-state index contributed by atoms with van der Waals surface area (Å²) in [7, 11) is 6.59. The molecular weight excluding hydrogens is 821 g/mol. The number of aliphatic carboxylic acids is 1. The number of hydrogen-bond acceptors (Lipinski definition) is 14. The molecular formula is C43H76BN5O14. The first-order valence-electron chi connectivity index (χ1n) is 21.3. The second-order valence-electron chi connectivity index (χ2n) is 13.6. The highest BCUT2D eigenvalue weighted by atomic mass is 16.5. The number of carbonyl (C=O) groups excluding carboxylic acids is 5. The Bertz CT molecular complexity index is 1310. The highest BCUT2D eigenvalue weighted by Gasteiger charge is 2.16. The zero-order chi connectivity index (χ0) is 46.5. The van der Waals surface area contributed by atoms with Crippen molar-refractivity contribution in [1.82, 2.24) is 21.3 Å². The predicted octanol–water partition coefficient (Wildman–Crippen LogP) is 2.40. The molecule has 2 atom stereocenters. The molecule has 1 rings (SSSR count). The zero-order valence-electron chi connectivity index (χ0n) is 36.7. The fourth-order valence-electron chi connectivity index (χ4n) is 4.96. The minimum Gasteiger partial charge on any atom is -0.494 e. The molecule has 20 heteroatoms. The third-order valence-corrected chi connectivity index (χ3v) is 8.50. The molecule has 0 aromatic heterocycles. The van der Waals surface area contributed by atoms with E-state index in [1.165, 1.54) is 19.3 Å². The number of hydrogen-bond donors (Lipinski definition) is 7. The number of carbonyl (C=O) groups is 7. The predicted molar refractivity (Wildman–Crippen MR) is 240 cm³/mol. The first-order chi connectivity index (χ1) is 29.9. The third kappa shape index (κ3) is 44.0.